The first kappa shape index (κ1) is 12.2. The van der Waals surface area contributed by atoms with Crippen LogP contribution < -0.4 is 0 Å². The number of carboxylic acids is 1. The molecule has 0 aliphatic rings. The van der Waals surface area contributed by atoms with Gasteiger partial charge in [0.15, 0.2) is 0 Å². The Kier molecular flexibility index (Phi) is 3.60. The molecule has 0 bridgehead atoms. The molecule has 0 atom stereocenters. The molecule has 1 rings (SSSR count). The van der Waals surface area contributed by atoms with E-state index in [0.29, 0.717) is 24.2 Å². The highest BCUT2D eigenvalue weighted by atomic mass is 16.6. The Morgan fingerprint density at radius 3 is 2.50 bits per heavy atom. The van der Waals surface area contributed by atoms with Crippen LogP contribution in [0.25, 0.3) is 0 Å². The number of hydrogen-bond acceptors (Lipinski definition) is 4. The van der Waals surface area contributed by atoms with E-state index >= 15 is 0 Å². The molecule has 16 heavy (non-hydrogen) atoms. The number of carbonyl (C=O) groups is 1. The maximum absolute atomic E-state index is 10.9. The zero-order valence-corrected chi connectivity index (χ0v) is 9.13. The Hall–Kier alpha value is -1.92. The molecule has 0 aliphatic heterocycles. The normalized spacial score (nSPS) is 10.4. The summed E-state index contributed by atoms with van der Waals surface area (Å²) in [5, 5.41) is 23.5. The Balaban J connectivity index is 3.29. The number of aromatic nitrogens is 2. The van der Waals surface area contributed by atoms with Gasteiger partial charge in [0.2, 0.25) is 0 Å². The fraction of sp³-hybridized carbons (Fsp3) is 0.556. The third kappa shape index (κ3) is 2.18. The molecular formula is C9H13N3O4. The highest BCUT2D eigenvalue weighted by Gasteiger charge is 2.25. The second-order valence-electron chi connectivity index (χ2n) is 3.26. The third-order valence-electron chi connectivity index (χ3n) is 2.24. The van der Waals surface area contributed by atoms with Gasteiger partial charge in [-0.1, -0.05) is 13.8 Å². The molecule has 0 aromatic carbocycles. The van der Waals surface area contributed by atoms with Crippen molar-refractivity contribution >= 4 is 11.7 Å². The summed E-state index contributed by atoms with van der Waals surface area (Å²) in [6, 6.07) is 0. The van der Waals surface area contributed by atoms with Gasteiger partial charge in [0.1, 0.15) is 17.9 Å². The van der Waals surface area contributed by atoms with Crippen molar-refractivity contribution in [3.05, 3.63) is 21.5 Å². The topological polar surface area (TPSA) is 98.3 Å². The first-order valence-electron chi connectivity index (χ1n) is 4.95. The van der Waals surface area contributed by atoms with Gasteiger partial charge in [-0.2, -0.15) is 5.10 Å². The second kappa shape index (κ2) is 4.73. The van der Waals surface area contributed by atoms with Crippen LogP contribution in [0.4, 0.5) is 5.69 Å². The molecule has 0 saturated heterocycles. The highest BCUT2D eigenvalue weighted by molar-refractivity contribution is 5.66. The van der Waals surface area contributed by atoms with Crippen molar-refractivity contribution in [2.24, 2.45) is 0 Å². The van der Waals surface area contributed by atoms with Crippen molar-refractivity contribution in [1.82, 2.24) is 9.78 Å². The number of nitro groups is 1. The van der Waals surface area contributed by atoms with Crippen molar-refractivity contribution < 1.29 is 14.8 Å². The molecule has 0 saturated carbocycles. The lowest BCUT2D eigenvalue weighted by atomic mass is 10.2. The number of carboxylic acid groups (broad SMARTS) is 1. The summed E-state index contributed by atoms with van der Waals surface area (Å²) in [5.41, 5.74) is 0.651. The molecule has 0 spiro atoms. The summed E-state index contributed by atoms with van der Waals surface area (Å²) in [4.78, 5) is 21.0. The highest BCUT2D eigenvalue weighted by Crippen LogP contribution is 2.24. The maximum atomic E-state index is 10.9. The van der Waals surface area contributed by atoms with E-state index in [0.717, 1.165) is 0 Å². The zero-order chi connectivity index (χ0) is 12.3. The van der Waals surface area contributed by atoms with Gasteiger partial charge in [-0.15, -0.1) is 0 Å². The summed E-state index contributed by atoms with van der Waals surface area (Å²) in [5.74, 6) is -1.06. The van der Waals surface area contributed by atoms with Gasteiger partial charge in [-0.25, -0.2) is 0 Å². The quantitative estimate of drug-likeness (QED) is 0.597. The summed E-state index contributed by atoms with van der Waals surface area (Å²) in [6.07, 6.45) is 0.798. The summed E-state index contributed by atoms with van der Waals surface area (Å²) >= 11 is 0. The Labute approximate surface area is 91.8 Å². The van der Waals surface area contributed by atoms with E-state index in [9.17, 15) is 14.9 Å². The Morgan fingerprint density at radius 1 is 1.50 bits per heavy atom. The van der Waals surface area contributed by atoms with Gasteiger partial charge in [-0.3, -0.25) is 19.6 Å². The molecule has 0 amide bonds. The van der Waals surface area contributed by atoms with Crippen LogP contribution in [0.15, 0.2) is 0 Å². The van der Waals surface area contributed by atoms with Crippen LogP contribution in [-0.4, -0.2) is 25.8 Å². The lowest BCUT2D eigenvalue weighted by Gasteiger charge is -2.00. The number of hydrogen-bond donors (Lipinski definition) is 1. The van der Waals surface area contributed by atoms with Gasteiger partial charge in [-0.05, 0) is 12.8 Å². The fourth-order valence-electron chi connectivity index (χ4n) is 1.60. The van der Waals surface area contributed by atoms with Crippen LogP contribution in [0.2, 0.25) is 0 Å². The smallest absolute Gasteiger partial charge is 0.325 e. The van der Waals surface area contributed by atoms with Gasteiger partial charge in [0.05, 0.1) is 4.92 Å². The molecule has 0 fully saturated rings. The molecule has 7 nitrogen and oxygen atoms in total. The van der Waals surface area contributed by atoms with Crippen molar-refractivity contribution in [1.29, 1.82) is 0 Å². The van der Waals surface area contributed by atoms with Crippen molar-refractivity contribution in [2.45, 2.75) is 33.2 Å². The van der Waals surface area contributed by atoms with E-state index in [1.807, 2.05) is 0 Å². The van der Waals surface area contributed by atoms with Crippen LogP contribution in [0.3, 0.4) is 0 Å². The minimum Gasteiger partial charge on any atom is -0.480 e. The minimum absolute atomic E-state index is 0.0498. The first-order valence-corrected chi connectivity index (χ1v) is 4.95. The first-order chi connectivity index (χ1) is 7.51. The van der Waals surface area contributed by atoms with Crippen molar-refractivity contribution in [2.75, 3.05) is 0 Å². The van der Waals surface area contributed by atoms with E-state index in [4.69, 9.17) is 5.11 Å². The average molecular weight is 227 g/mol. The fourth-order valence-corrected chi connectivity index (χ4v) is 1.60. The Bertz CT molecular complexity index is 425. The predicted molar refractivity (Wildman–Crippen MR) is 55.3 cm³/mol. The molecule has 88 valence electrons. The molecule has 1 aromatic heterocycles. The van der Waals surface area contributed by atoms with Crippen LogP contribution >= 0.6 is 0 Å². The molecule has 1 aromatic rings. The third-order valence-corrected chi connectivity index (χ3v) is 2.24. The van der Waals surface area contributed by atoms with E-state index in [2.05, 4.69) is 5.10 Å². The number of nitrogens with zero attached hydrogens (tertiary/aromatic N) is 3. The molecule has 1 heterocycles. The van der Waals surface area contributed by atoms with E-state index < -0.39 is 10.9 Å². The average Bonchev–Trinajstić information content (AvgIpc) is 2.54. The predicted octanol–water partition coefficient (Wildman–Crippen LogP) is 1.00. The molecule has 1 N–H and O–H groups in total. The minimum atomic E-state index is -1.06. The molecule has 0 aliphatic carbocycles. The van der Waals surface area contributed by atoms with Gasteiger partial charge in [0, 0.05) is 0 Å². The van der Waals surface area contributed by atoms with Crippen molar-refractivity contribution in [3.8, 4) is 0 Å². The van der Waals surface area contributed by atoms with Crippen LogP contribution in [-0.2, 0) is 24.2 Å². The van der Waals surface area contributed by atoms with Crippen LogP contribution in [0.1, 0.15) is 25.2 Å². The van der Waals surface area contributed by atoms with Gasteiger partial charge >= 0.3 is 11.7 Å². The zero-order valence-electron chi connectivity index (χ0n) is 9.13. The number of rotatable bonds is 5. The standard InChI is InChI=1S/C9H13N3O4/c1-3-6-9(12(15)16)7(4-2)11(10-6)5-8(13)14/h3-5H2,1-2H3,(H,13,14). The largest absolute Gasteiger partial charge is 0.480 e. The van der Waals surface area contributed by atoms with Crippen LogP contribution in [0.5, 0.6) is 0 Å². The maximum Gasteiger partial charge on any atom is 0.325 e. The molecular weight excluding hydrogens is 214 g/mol. The van der Waals surface area contributed by atoms with Gasteiger partial charge in [0.25, 0.3) is 0 Å². The second-order valence-corrected chi connectivity index (χ2v) is 3.26. The van der Waals surface area contributed by atoms with Gasteiger partial charge < -0.3 is 5.11 Å². The lowest BCUT2D eigenvalue weighted by molar-refractivity contribution is -0.386. The number of aliphatic carboxylic acids is 1. The summed E-state index contributed by atoms with van der Waals surface area (Å²) in [6.45, 7) is 3.14. The molecule has 7 heteroatoms. The SMILES string of the molecule is CCc1nn(CC(=O)O)c(CC)c1[N+](=O)[O-]. The number of aryl methyl sites for hydroxylation is 1. The summed E-state index contributed by atoms with van der Waals surface area (Å²) in [7, 11) is 0. The molecule has 0 unspecified atom stereocenters. The summed E-state index contributed by atoms with van der Waals surface area (Å²) < 4.78 is 1.19. The van der Waals surface area contributed by atoms with E-state index in [1.165, 1.54) is 4.68 Å². The lowest BCUT2D eigenvalue weighted by Crippen LogP contribution is -2.13. The monoisotopic (exact) mass is 227 g/mol. The molecule has 0 radical (unpaired) electrons. The Morgan fingerprint density at radius 2 is 2.12 bits per heavy atom. The van der Waals surface area contributed by atoms with E-state index in [-0.39, 0.29) is 12.2 Å². The van der Waals surface area contributed by atoms with E-state index in [1.54, 1.807) is 13.8 Å². The van der Waals surface area contributed by atoms with Crippen molar-refractivity contribution in [3.63, 3.8) is 0 Å². The van der Waals surface area contributed by atoms with Crippen LogP contribution in [0, 0.1) is 10.1 Å².